The summed E-state index contributed by atoms with van der Waals surface area (Å²) in [6.07, 6.45) is -2.23. The number of rotatable bonds is 8. The number of thioether (sulfide) groups is 1. The molecule has 5 N–H and O–H groups in total. The van der Waals surface area contributed by atoms with Crippen molar-refractivity contribution in [3.05, 3.63) is 10.6 Å². The fourth-order valence-electron chi connectivity index (χ4n) is 5.49. The van der Waals surface area contributed by atoms with Crippen molar-refractivity contribution in [3.8, 4) is 0 Å². The predicted molar refractivity (Wildman–Crippen MR) is 120 cm³/mol. The molecule has 194 valence electrons. The van der Waals surface area contributed by atoms with E-state index < -0.39 is 48.3 Å². The van der Waals surface area contributed by atoms with Crippen molar-refractivity contribution < 1.29 is 37.9 Å². The van der Waals surface area contributed by atoms with Gasteiger partial charge >= 0.3 is 12.4 Å². The molecule has 0 aromatic carbocycles. The molecule has 11 nitrogen and oxygen atoms in total. The minimum Gasteiger partial charge on any atom is -0.477 e. The molecule has 0 aliphatic carbocycles. The maximum Gasteiger partial charge on any atom is 0.353 e. The second kappa shape index (κ2) is 9.99. The quantitative estimate of drug-likeness (QED) is 0.246. The highest BCUT2D eigenvalue weighted by atomic mass is 32.2. The number of hydrogen-bond acceptors (Lipinski definition) is 8. The van der Waals surface area contributed by atoms with Crippen molar-refractivity contribution in [2.24, 2.45) is 17.7 Å². The number of carbonyl (C=O) groups excluding carboxylic acids is 3. The number of nitrogens with one attached hydrogen (secondary N) is 2. The van der Waals surface area contributed by atoms with Crippen molar-refractivity contribution in [3.63, 3.8) is 0 Å². The molecule has 7 atom stereocenters. The van der Waals surface area contributed by atoms with E-state index in [1.54, 1.807) is 11.8 Å². The largest absolute Gasteiger partial charge is 0.477 e. The first-order chi connectivity index (χ1) is 16.5. The van der Waals surface area contributed by atoms with Gasteiger partial charge in [0.15, 0.2) is 0 Å². The normalized spacial score (nSPS) is 33.3. The van der Waals surface area contributed by atoms with Crippen molar-refractivity contribution in [2.45, 2.75) is 62.6 Å². The van der Waals surface area contributed by atoms with Crippen LogP contribution in [0.15, 0.2) is 10.6 Å². The maximum absolute atomic E-state index is 12.9. The minimum atomic E-state index is -3.21. The Morgan fingerprint density at radius 1 is 1.34 bits per heavy atom. The summed E-state index contributed by atoms with van der Waals surface area (Å²) < 4.78 is 25.3. The zero-order chi connectivity index (χ0) is 25.6. The lowest BCUT2D eigenvalue weighted by molar-refractivity contribution is -0.159. The van der Waals surface area contributed by atoms with Crippen LogP contribution in [0.4, 0.5) is 8.78 Å². The van der Waals surface area contributed by atoms with Crippen molar-refractivity contribution in [1.82, 2.24) is 20.4 Å². The number of halogens is 2. The molecule has 4 aliphatic heterocycles. The number of β-lactam (4-membered cyclic amide) rings is 1. The average molecular weight is 518 g/mol. The molecule has 14 heteroatoms. The molecule has 4 aliphatic rings. The molecule has 0 radical (unpaired) electrons. The zero-order valence-electron chi connectivity index (χ0n) is 19.3. The van der Waals surface area contributed by atoms with E-state index in [4.69, 9.17) is 10.7 Å². The summed E-state index contributed by atoms with van der Waals surface area (Å²) in [4.78, 5) is 57.4. The summed E-state index contributed by atoms with van der Waals surface area (Å²) >= 11 is 1.33. The van der Waals surface area contributed by atoms with Crippen LogP contribution in [0.2, 0.25) is 0 Å². The molecule has 4 heterocycles. The third-order valence-electron chi connectivity index (χ3n) is 7.23. The van der Waals surface area contributed by atoms with E-state index in [2.05, 4.69) is 10.6 Å². The average Bonchev–Trinajstić information content (AvgIpc) is 3.52. The monoisotopic (exact) mass is 517 g/mol. The standard InChI is InChI=1S/C21H29F2N5O6S/c1-8-14-13(9(2)26-18(29)17(22)23)20(31)28(14)15(21(32)33)16(8)35-11-5-12(25-6-11)19(30)27-4-3-10(7-27)34-24/h8-14,17,25H,3-7,24H2,1-2H3,(H,26,29)(H,32,33)/t8-,9?,10+,11+,12+,13-,14-/m1/s1. The number of likely N-dealkylation sites (tertiary alicyclic amines) is 1. The number of amides is 3. The molecular weight excluding hydrogens is 488 g/mol. The number of hydrogen-bond donors (Lipinski definition) is 4. The highest BCUT2D eigenvalue weighted by Gasteiger charge is 2.60. The zero-order valence-corrected chi connectivity index (χ0v) is 20.1. The number of aliphatic carboxylic acids is 1. The molecule has 1 unspecified atom stereocenters. The smallest absolute Gasteiger partial charge is 0.353 e. The first-order valence-corrected chi connectivity index (χ1v) is 12.4. The van der Waals surface area contributed by atoms with E-state index in [9.17, 15) is 33.1 Å². The predicted octanol–water partition coefficient (Wildman–Crippen LogP) is -0.516. The van der Waals surface area contributed by atoms with Crippen LogP contribution >= 0.6 is 11.8 Å². The fourth-order valence-corrected chi connectivity index (χ4v) is 6.97. The Labute approximate surface area is 204 Å². The van der Waals surface area contributed by atoms with Gasteiger partial charge in [-0.15, -0.1) is 11.8 Å². The number of carbonyl (C=O) groups is 4. The van der Waals surface area contributed by atoms with Gasteiger partial charge in [-0.05, 0) is 19.8 Å². The van der Waals surface area contributed by atoms with E-state index >= 15 is 0 Å². The van der Waals surface area contributed by atoms with Gasteiger partial charge in [-0.2, -0.15) is 8.78 Å². The molecule has 3 fully saturated rings. The Balaban J connectivity index is 1.43. The van der Waals surface area contributed by atoms with E-state index in [-0.39, 0.29) is 28.9 Å². The van der Waals surface area contributed by atoms with E-state index in [1.165, 1.54) is 23.6 Å². The van der Waals surface area contributed by atoms with Gasteiger partial charge in [-0.1, -0.05) is 6.92 Å². The molecular formula is C21H29F2N5O6S. The number of alkyl halides is 2. The first kappa shape index (κ1) is 25.8. The minimum absolute atomic E-state index is 0.0535. The highest BCUT2D eigenvalue weighted by Crippen LogP contribution is 2.51. The lowest BCUT2D eigenvalue weighted by Gasteiger charge is -2.47. The van der Waals surface area contributed by atoms with E-state index in [0.717, 1.165) is 0 Å². The van der Waals surface area contributed by atoms with Crippen molar-refractivity contribution in [2.75, 3.05) is 19.6 Å². The van der Waals surface area contributed by atoms with E-state index in [1.807, 2.05) is 0 Å². The van der Waals surface area contributed by atoms with Gasteiger partial charge in [-0.3, -0.25) is 19.2 Å². The maximum atomic E-state index is 12.9. The number of carboxylic acid groups (broad SMARTS) is 1. The lowest BCUT2D eigenvalue weighted by Crippen LogP contribution is -2.66. The summed E-state index contributed by atoms with van der Waals surface area (Å²) in [7, 11) is 0. The highest BCUT2D eigenvalue weighted by molar-refractivity contribution is 8.03. The molecule has 0 saturated carbocycles. The molecule has 0 aromatic heterocycles. The van der Waals surface area contributed by atoms with Crippen LogP contribution in [0.5, 0.6) is 0 Å². The Morgan fingerprint density at radius 3 is 2.66 bits per heavy atom. The van der Waals surface area contributed by atoms with Gasteiger partial charge in [0, 0.05) is 41.7 Å². The van der Waals surface area contributed by atoms with Crippen LogP contribution in [0.1, 0.15) is 26.7 Å². The lowest BCUT2D eigenvalue weighted by atomic mass is 9.78. The number of fused-ring (bicyclic) bond motifs is 1. The Hall–Kier alpha value is -2.29. The van der Waals surface area contributed by atoms with Crippen LogP contribution in [-0.2, 0) is 24.0 Å². The SMILES string of the molecule is CC(NC(=O)C(F)F)[C@H]1C(=O)N2C(C(=O)O)=C(S[C@@H]3CN[C@H](C(=O)N4CC[C@H](ON)C4)C3)[C@H](C)[C@H]12. The second-order valence-corrected chi connectivity index (χ2v) is 10.7. The van der Waals surface area contributed by atoms with Crippen LogP contribution < -0.4 is 16.5 Å². The summed E-state index contributed by atoms with van der Waals surface area (Å²) in [5.41, 5.74) is -0.113. The van der Waals surface area contributed by atoms with Gasteiger partial charge in [0.2, 0.25) is 11.8 Å². The van der Waals surface area contributed by atoms with Crippen LogP contribution in [0, 0.1) is 11.8 Å². The van der Waals surface area contributed by atoms with Crippen molar-refractivity contribution in [1.29, 1.82) is 0 Å². The Kier molecular flexibility index (Phi) is 7.36. The van der Waals surface area contributed by atoms with Gasteiger partial charge in [0.1, 0.15) is 5.70 Å². The second-order valence-electron chi connectivity index (χ2n) is 9.40. The van der Waals surface area contributed by atoms with Crippen LogP contribution in [-0.4, -0.2) is 94.1 Å². The van der Waals surface area contributed by atoms with Crippen LogP contribution in [0.25, 0.3) is 0 Å². The Bertz CT molecular complexity index is 951. The molecule has 3 saturated heterocycles. The first-order valence-electron chi connectivity index (χ1n) is 11.5. The van der Waals surface area contributed by atoms with Crippen LogP contribution in [0.3, 0.4) is 0 Å². The number of carboxylic acids is 1. The third-order valence-corrected chi connectivity index (χ3v) is 8.74. The number of nitrogens with two attached hydrogens (primary N) is 1. The molecule has 4 rings (SSSR count). The van der Waals surface area contributed by atoms with Crippen molar-refractivity contribution >= 4 is 35.5 Å². The molecule has 0 aromatic rings. The Morgan fingerprint density at radius 2 is 2.06 bits per heavy atom. The molecule has 0 spiro atoms. The molecule has 3 amide bonds. The summed E-state index contributed by atoms with van der Waals surface area (Å²) in [6, 6.07) is -1.83. The summed E-state index contributed by atoms with van der Waals surface area (Å²) in [6.45, 7) is 4.73. The summed E-state index contributed by atoms with van der Waals surface area (Å²) in [5.74, 6) is 0.774. The summed E-state index contributed by atoms with van der Waals surface area (Å²) in [5, 5.41) is 15.1. The molecule has 0 bridgehead atoms. The van der Waals surface area contributed by atoms with Gasteiger partial charge in [-0.25, -0.2) is 10.7 Å². The number of nitrogens with zero attached hydrogens (tertiary/aromatic N) is 2. The fraction of sp³-hybridized carbons (Fsp3) is 0.714. The van der Waals surface area contributed by atoms with Gasteiger partial charge in [0.25, 0.3) is 5.91 Å². The molecule has 35 heavy (non-hydrogen) atoms. The van der Waals surface area contributed by atoms with E-state index in [0.29, 0.717) is 37.4 Å². The topological polar surface area (TPSA) is 154 Å². The third kappa shape index (κ3) is 4.63. The van der Waals surface area contributed by atoms with Gasteiger partial charge in [0.05, 0.1) is 24.1 Å². The van der Waals surface area contributed by atoms with Gasteiger partial charge < -0.3 is 25.5 Å².